The van der Waals surface area contributed by atoms with Crippen molar-refractivity contribution >= 4 is 47.5 Å². The molecule has 170 valence electrons. The lowest BCUT2D eigenvalue weighted by Gasteiger charge is -2.36. The van der Waals surface area contributed by atoms with Crippen molar-refractivity contribution in [1.82, 2.24) is 15.6 Å². The molecule has 3 rings (SSSR count). The zero-order chi connectivity index (χ0) is 21.5. The number of morpholine rings is 1. The van der Waals surface area contributed by atoms with Gasteiger partial charge in [-0.25, -0.2) is 4.98 Å². The molecule has 8 heteroatoms. The van der Waals surface area contributed by atoms with Gasteiger partial charge in [0.1, 0.15) is 5.82 Å². The summed E-state index contributed by atoms with van der Waals surface area (Å²) in [7, 11) is 1.79. The molecule has 1 aliphatic heterocycles. The first kappa shape index (κ1) is 25.7. The summed E-state index contributed by atoms with van der Waals surface area (Å²) in [5, 5.41) is 6.78. The molecule has 1 saturated heterocycles. The molecular formula is C23H34IN5OS. The fourth-order valence-electron chi connectivity index (χ4n) is 3.66. The molecule has 2 unspecified atom stereocenters. The van der Waals surface area contributed by atoms with Crippen LogP contribution in [0, 0.1) is 6.92 Å². The number of pyridine rings is 1. The fraction of sp³-hybridized carbons (Fsp3) is 0.478. The number of guanidine groups is 1. The number of aliphatic imine (C=N–C) groups is 1. The molecule has 0 amide bonds. The summed E-state index contributed by atoms with van der Waals surface area (Å²) < 4.78 is 5.81. The van der Waals surface area contributed by atoms with Gasteiger partial charge in [0.25, 0.3) is 0 Å². The van der Waals surface area contributed by atoms with E-state index in [4.69, 9.17) is 4.74 Å². The lowest BCUT2D eigenvalue weighted by molar-refractivity contribution is -0.00545. The van der Waals surface area contributed by atoms with Crippen LogP contribution in [0.5, 0.6) is 0 Å². The topological polar surface area (TPSA) is 61.8 Å². The van der Waals surface area contributed by atoms with E-state index < -0.39 is 0 Å². The molecule has 1 aromatic carbocycles. The molecule has 2 aromatic rings. The van der Waals surface area contributed by atoms with E-state index in [-0.39, 0.29) is 36.2 Å². The van der Waals surface area contributed by atoms with Crippen LogP contribution in [0.1, 0.15) is 30.5 Å². The Morgan fingerprint density at radius 3 is 2.48 bits per heavy atom. The number of benzene rings is 1. The van der Waals surface area contributed by atoms with Crippen molar-refractivity contribution in [2.45, 2.75) is 51.0 Å². The second kappa shape index (κ2) is 12.5. The van der Waals surface area contributed by atoms with Gasteiger partial charge in [0.2, 0.25) is 0 Å². The van der Waals surface area contributed by atoms with Crippen LogP contribution < -0.4 is 15.5 Å². The van der Waals surface area contributed by atoms with Gasteiger partial charge in [0.15, 0.2) is 5.96 Å². The molecule has 2 N–H and O–H groups in total. The summed E-state index contributed by atoms with van der Waals surface area (Å²) in [6, 6.07) is 10.8. The molecule has 6 nitrogen and oxygen atoms in total. The van der Waals surface area contributed by atoms with Crippen molar-refractivity contribution in [2.75, 3.05) is 31.3 Å². The number of anilines is 1. The molecule has 2 atom stereocenters. The van der Waals surface area contributed by atoms with Gasteiger partial charge >= 0.3 is 0 Å². The number of nitrogens with zero attached hydrogens (tertiary/aromatic N) is 3. The maximum atomic E-state index is 5.81. The third kappa shape index (κ3) is 7.54. The molecule has 31 heavy (non-hydrogen) atoms. The van der Waals surface area contributed by atoms with Crippen LogP contribution in [0.4, 0.5) is 5.82 Å². The van der Waals surface area contributed by atoms with Crippen molar-refractivity contribution in [3.05, 3.63) is 53.2 Å². The average Bonchev–Trinajstić information content (AvgIpc) is 2.74. The number of hydrogen-bond acceptors (Lipinski definition) is 5. The maximum Gasteiger partial charge on any atom is 0.191 e. The van der Waals surface area contributed by atoms with Gasteiger partial charge in [-0.1, -0.05) is 18.2 Å². The van der Waals surface area contributed by atoms with E-state index in [1.165, 1.54) is 16.0 Å². The number of ether oxygens (including phenoxy) is 1. The Kier molecular flexibility index (Phi) is 10.4. The SMILES string of the molecule is CN=C(NCc1ccc(N2CC(C)OC(C)C2)nc1)NCc1ccc(C)cc1SC.I. The summed E-state index contributed by atoms with van der Waals surface area (Å²) >= 11 is 1.77. The van der Waals surface area contributed by atoms with Crippen LogP contribution in [0.15, 0.2) is 46.4 Å². The van der Waals surface area contributed by atoms with Crippen molar-refractivity contribution in [1.29, 1.82) is 0 Å². The van der Waals surface area contributed by atoms with Gasteiger partial charge in [-0.15, -0.1) is 35.7 Å². The highest BCUT2D eigenvalue weighted by molar-refractivity contribution is 14.0. The molecule has 1 aliphatic rings. The number of aryl methyl sites for hydroxylation is 1. The van der Waals surface area contributed by atoms with Crippen LogP contribution in [-0.4, -0.2) is 49.5 Å². The largest absolute Gasteiger partial charge is 0.372 e. The lowest BCUT2D eigenvalue weighted by atomic mass is 10.1. The highest BCUT2D eigenvalue weighted by Gasteiger charge is 2.22. The van der Waals surface area contributed by atoms with Crippen molar-refractivity contribution in [3.8, 4) is 0 Å². The Morgan fingerprint density at radius 2 is 1.87 bits per heavy atom. The first-order valence-corrected chi connectivity index (χ1v) is 11.6. The van der Waals surface area contributed by atoms with Crippen molar-refractivity contribution in [2.24, 2.45) is 4.99 Å². The van der Waals surface area contributed by atoms with E-state index in [2.05, 4.69) is 82.9 Å². The minimum absolute atomic E-state index is 0. The normalized spacial score (nSPS) is 19.0. The summed E-state index contributed by atoms with van der Waals surface area (Å²) in [5.74, 6) is 1.79. The molecule has 0 spiro atoms. The Labute approximate surface area is 207 Å². The molecule has 0 radical (unpaired) electrons. The average molecular weight is 556 g/mol. The Hall–Kier alpha value is -1.52. The predicted octanol–water partition coefficient (Wildman–Crippen LogP) is 4.21. The highest BCUT2D eigenvalue weighted by Crippen LogP contribution is 2.22. The van der Waals surface area contributed by atoms with Crippen molar-refractivity contribution in [3.63, 3.8) is 0 Å². The zero-order valence-electron chi connectivity index (χ0n) is 19.0. The summed E-state index contributed by atoms with van der Waals surface area (Å²) in [5.41, 5.74) is 3.68. The minimum atomic E-state index is 0. The molecule has 0 bridgehead atoms. The third-order valence-corrected chi connectivity index (χ3v) is 5.95. The van der Waals surface area contributed by atoms with E-state index in [0.29, 0.717) is 6.54 Å². The van der Waals surface area contributed by atoms with Gasteiger partial charge in [0, 0.05) is 44.3 Å². The van der Waals surface area contributed by atoms with E-state index in [1.807, 2.05) is 6.20 Å². The third-order valence-electron chi connectivity index (χ3n) is 5.13. The van der Waals surface area contributed by atoms with E-state index in [9.17, 15) is 0 Å². The summed E-state index contributed by atoms with van der Waals surface area (Å²) in [4.78, 5) is 12.6. The molecule has 0 aliphatic carbocycles. The van der Waals surface area contributed by atoms with E-state index in [0.717, 1.165) is 37.0 Å². The molecule has 1 fully saturated rings. The Balaban J connectivity index is 0.00000341. The standard InChI is InChI=1S/C23H33N5OS.HI/c1-16-6-8-20(21(10-16)30-5)13-27-23(24-4)26-12-19-7-9-22(25-11-19)28-14-17(2)29-18(3)15-28;/h6-11,17-18H,12-15H2,1-5H3,(H2,24,26,27);1H. The monoisotopic (exact) mass is 555 g/mol. The lowest BCUT2D eigenvalue weighted by Crippen LogP contribution is -2.45. The fourth-order valence-corrected chi connectivity index (χ4v) is 4.36. The second-order valence-electron chi connectivity index (χ2n) is 7.78. The zero-order valence-corrected chi connectivity index (χ0v) is 22.2. The van der Waals surface area contributed by atoms with Crippen LogP contribution in [0.2, 0.25) is 0 Å². The molecular weight excluding hydrogens is 521 g/mol. The molecule has 0 saturated carbocycles. The smallest absolute Gasteiger partial charge is 0.191 e. The first-order chi connectivity index (χ1) is 14.5. The first-order valence-electron chi connectivity index (χ1n) is 10.4. The number of rotatable bonds is 6. The maximum absolute atomic E-state index is 5.81. The summed E-state index contributed by atoms with van der Waals surface area (Å²) in [6.07, 6.45) is 4.50. The van der Waals surface area contributed by atoms with E-state index >= 15 is 0 Å². The van der Waals surface area contributed by atoms with Crippen LogP contribution >= 0.6 is 35.7 Å². The highest BCUT2D eigenvalue weighted by atomic mass is 127. The molecule has 1 aromatic heterocycles. The van der Waals surface area contributed by atoms with Gasteiger partial charge < -0.3 is 20.3 Å². The van der Waals surface area contributed by atoms with Crippen molar-refractivity contribution < 1.29 is 4.74 Å². The Morgan fingerprint density at radius 1 is 1.16 bits per heavy atom. The summed E-state index contributed by atoms with van der Waals surface area (Å²) in [6.45, 7) is 9.51. The van der Waals surface area contributed by atoms with Crippen LogP contribution in [-0.2, 0) is 17.8 Å². The number of thioether (sulfide) groups is 1. The minimum Gasteiger partial charge on any atom is -0.372 e. The van der Waals surface area contributed by atoms with Crippen LogP contribution in [0.3, 0.4) is 0 Å². The Bertz CT molecular complexity index is 852. The van der Waals surface area contributed by atoms with Gasteiger partial charge in [-0.2, -0.15) is 0 Å². The molecule has 2 heterocycles. The van der Waals surface area contributed by atoms with Gasteiger partial charge in [-0.3, -0.25) is 4.99 Å². The number of aromatic nitrogens is 1. The number of nitrogens with one attached hydrogen (secondary N) is 2. The predicted molar refractivity (Wildman–Crippen MR) is 142 cm³/mol. The number of hydrogen-bond donors (Lipinski definition) is 2. The number of halogens is 1. The quantitative estimate of drug-likeness (QED) is 0.241. The van der Waals surface area contributed by atoms with Gasteiger partial charge in [0.05, 0.1) is 12.2 Å². The van der Waals surface area contributed by atoms with Crippen LogP contribution in [0.25, 0.3) is 0 Å². The van der Waals surface area contributed by atoms with Gasteiger partial charge in [-0.05, 0) is 55.9 Å². The second-order valence-corrected chi connectivity index (χ2v) is 8.63. The van der Waals surface area contributed by atoms with E-state index in [1.54, 1.807) is 18.8 Å².